The molecule has 0 aromatic heterocycles. The van der Waals surface area contributed by atoms with E-state index in [0.717, 1.165) is 5.56 Å². The van der Waals surface area contributed by atoms with Crippen LogP contribution in [0.3, 0.4) is 0 Å². The predicted octanol–water partition coefficient (Wildman–Crippen LogP) is 3.85. The van der Waals surface area contributed by atoms with Gasteiger partial charge < -0.3 is 25.4 Å². The van der Waals surface area contributed by atoms with E-state index < -0.39 is 35.6 Å². The number of carbonyl (C=O) groups is 3. The van der Waals surface area contributed by atoms with Crippen LogP contribution in [0.2, 0.25) is 0 Å². The van der Waals surface area contributed by atoms with Gasteiger partial charge in [-0.15, -0.1) is 0 Å². The largest absolute Gasteiger partial charge is 0.508 e. The van der Waals surface area contributed by atoms with E-state index in [-0.39, 0.29) is 12.3 Å². The second-order valence-electron chi connectivity index (χ2n) is 9.13. The van der Waals surface area contributed by atoms with Crippen molar-refractivity contribution in [2.24, 2.45) is 0 Å². The fourth-order valence-corrected chi connectivity index (χ4v) is 3.91. The number of hydrogen-bond acceptors (Lipinski definition) is 6. The van der Waals surface area contributed by atoms with Crippen molar-refractivity contribution >= 4 is 29.7 Å². The van der Waals surface area contributed by atoms with Crippen LogP contribution in [0, 0.1) is 0 Å². The Morgan fingerprint density at radius 1 is 1.09 bits per heavy atom. The number of ether oxygens (including phenoxy) is 1. The summed E-state index contributed by atoms with van der Waals surface area (Å²) in [6.07, 6.45) is 1.57. The highest BCUT2D eigenvalue weighted by Crippen LogP contribution is 2.25. The Labute approximate surface area is 211 Å². The Hall–Kier alpha value is -3.20. The predicted molar refractivity (Wildman–Crippen MR) is 138 cm³/mol. The minimum absolute atomic E-state index is 0.0185. The molecule has 2 atom stereocenters. The minimum Gasteiger partial charge on any atom is -0.508 e. The lowest BCUT2D eigenvalue weighted by atomic mass is 10.0. The third-order valence-corrected chi connectivity index (χ3v) is 5.72. The van der Waals surface area contributed by atoms with Crippen LogP contribution < -0.4 is 10.6 Å². The van der Waals surface area contributed by atoms with Gasteiger partial charge >= 0.3 is 6.09 Å². The van der Waals surface area contributed by atoms with Crippen LogP contribution in [-0.2, 0) is 20.9 Å². The number of thioether (sulfide) groups is 1. The SMILES string of the molecule is CSCCC(NC(=O)OC(C)(C)C)C(=O)N(C)C(C(=O)NCc1ccccc1)c1cccc(O)c1. The number of amides is 3. The monoisotopic (exact) mass is 501 g/mol. The molecule has 9 heteroatoms. The first kappa shape index (κ1) is 28.0. The second kappa shape index (κ2) is 13.0. The van der Waals surface area contributed by atoms with Crippen molar-refractivity contribution in [3.63, 3.8) is 0 Å². The van der Waals surface area contributed by atoms with Gasteiger partial charge in [0.15, 0.2) is 0 Å². The Kier molecular flexibility index (Phi) is 10.4. The highest BCUT2D eigenvalue weighted by atomic mass is 32.2. The summed E-state index contributed by atoms with van der Waals surface area (Å²) in [5.41, 5.74) is 0.645. The summed E-state index contributed by atoms with van der Waals surface area (Å²) in [5, 5.41) is 15.5. The fourth-order valence-electron chi connectivity index (χ4n) is 3.44. The lowest BCUT2D eigenvalue weighted by molar-refractivity contribution is -0.140. The van der Waals surface area contributed by atoms with Gasteiger partial charge in [0.1, 0.15) is 23.4 Å². The van der Waals surface area contributed by atoms with Crippen molar-refractivity contribution in [2.75, 3.05) is 19.1 Å². The zero-order valence-electron chi connectivity index (χ0n) is 20.9. The van der Waals surface area contributed by atoms with Crippen LogP contribution >= 0.6 is 11.8 Å². The molecule has 2 aromatic rings. The molecule has 0 bridgehead atoms. The van der Waals surface area contributed by atoms with Gasteiger partial charge in [-0.1, -0.05) is 42.5 Å². The highest BCUT2D eigenvalue weighted by molar-refractivity contribution is 7.98. The number of nitrogens with one attached hydrogen (secondary N) is 2. The Balaban J connectivity index is 2.28. The summed E-state index contributed by atoms with van der Waals surface area (Å²) in [7, 11) is 1.52. The van der Waals surface area contributed by atoms with Gasteiger partial charge in [0, 0.05) is 13.6 Å². The Morgan fingerprint density at radius 3 is 2.37 bits per heavy atom. The van der Waals surface area contributed by atoms with Crippen LogP contribution in [0.15, 0.2) is 54.6 Å². The molecule has 0 aliphatic rings. The topological polar surface area (TPSA) is 108 Å². The van der Waals surface area contributed by atoms with Crippen molar-refractivity contribution in [2.45, 2.75) is 51.4 Å². The molecule has 0 saturated heterocycles. The van der Waals surface area contributed by atoms with E-state index in [1.165, 1.54) is 24.1 Å². The maximum Gasteiger partial charge on any atom is 0.408 e. The Morgan fingerprint density at radius 2 is 1.77 bits per heavy atom. The average molecular weight is 502 g/mol. The van der Waals surface area contributed by atoms with Gasteiger partial charge in [-0.05, 0) is 62.5 Å². The Bertz CT molecular complexity index is 994. The van der Waals surface area contributed by atoms with Crippen molar-refractivity contribution in [1.29, 1.82) is 0 Å². The number of rotatable bonds is 10. The normalized spacial score (nSPS) is 12.8. The molecule has 0 aliphatic carbocycles. The van der Waals surface area contributed by atoms with E-state index in [1.807, 2.05) is 36.6 Å². The molecule has 2 unspecified atom stereocenters. The molecule has 3 N–H and O–H groups in total. The molecular weight excluding hydrogens is 466 g/mol. The molecule has 3 amide bonds. The second-order valence-corrected chi connectivity index (χ2v) is 10.1. The molecule has 2 aromatic carbocycles. The van der Waals surface area contributed by atoms with E-state index in [2.05, 4.69) is 10.6 Å². The number of phenolic OH excluding ortho intramolecular Hbond substituents is 1. The maximum atomic E-state index is 13.5. The standard InChI is InChI=1S/C26H35N3O5S/c1-26(2,3)34-25(33)28-21(14-15-35-5)24(32)29(4)22(19-12-9-13-20(30)16-19)23(31)27-17-18-10-7-6-8-11-18/h6-13,16,21-22,30H,14-15,17H2,1-5H3,(H,27,31)(H,28,33). The van der Waals surface area contributed by atoms with Gasteiger partial charge in [-0.3, -0.25) is 9.59 Å². The van der Waals surface area contributed by atoms with E-state index in [4.69, 9.17) is 4.74 Å². The zero-order chi connectivity index (χ0) is 26.0. The number of hydrogen-bond donors (Lipinski definition) is 3. The number of aromatic hydroxyl groups is 1. The zero-order valence-corrected chi connectivity index (χ0v) is 21.7. The van der Waals surface area contributed by atoms with Crippen LogP contribution in [0.25, 0.3) is 0 Å². The lowest BCUT2D eigenvalue weighted by Gasteiger charge is -2.31. The van der Waals surface area contributed by atoms with Gasteiger partial charge in [0.2, 0.25) is 11.8 Å². The van der Waals surface area contributed by atoms with Gasteiger partial charge in [-0.2, -0.15) is 11.8 Å². The first-order valence-corrected chi connectivity index (χ1v) is 12.8. The van der Waals surface area contributed by atoms with E-state index in [0.29, 0.717) is 17.7 Å². The third-order valence-electron chi connectivity index (χ3n) is 5.08. The number of nitrogens with zero attached hydrogens (tertiary/aromatic N) is 1. The summed E-state index contributed by atoms with van der Waals surface area (Å²) in [6.45, 7) is 5.51. The maximum absolute atomic E-state index is 13.5. The molecule has 0 radical (unpaired) electrons. The molecule has 35 heavy (non-hydrogen) atoms. The van der Waals surface area contributed by atoms with Crippen LogP contribution in [0.5, 0.6) is 5.75 Å². The summed E-state index contributed by atoms with van der Waals surface area (Å²) >= 11 is 1.54. The molecule has 0 spiro atoms. The highest BCUT2D eigenvalue weighted by Gasteiger charge is 2.34. The molecular formula is C26H35N3O5S. The summed E-state index contributed by atoms with van der Waals surface area (Å²) < 4.78 is 5.33. The molecule has 0 aliphatic heterocycles. The summed E-state index contributed by atoms with van der Waals surface area (Å²) in [4.78, 5) is 40.6. The number of alkyl carbamates (subject to hydrolysis) is 1. The third kappa shape index (κ3) is 9.16. The van der Waals surface area contributed by atoms with Crippen molar-refractivity contribution < 1.29 is 24.2 Å². The van der Waals surface area contributed by atoms with E-state index in [9.17, 15) is 19.5 Å². The number of likely N-dealkylation sites (N-methyl/N-ethyl adjacent to an activating group) is 1. The molecule has 2 rings (SSSR count). The summed E-state index contributed by atoms with van der Waals surface area (Å²) in [5.74, 6) is -0.240. The number of phenols is 1. The smallest absolute Gasteiger partial charge is 0.408 e. The van der Waals surface area contributed by atoms with Gasteiger partial charge in [-0.25, -0.2) is 4.79 Å². The first-order valence-electron chi connectivity index (χ1n) is 11.4. The molecule has 0 heterocycles. The molecule has 0 fully saturated rings. The van der Waals surface area contributed by atoms with Crippen LogP contribution in [0.1, 0.15) is 44.4 Å². The van der Waals surface area contributed by atoms with Crippen molar-refractivity contribution in [3.8, 4) is 5.75 Å². The first-order chi connectivity index (χ1) is 16.5. The van der Waals surface area contributed by atoms with Crippen LogP contribution in [-0.4, -0.2) is 58.6 Å². The van der Waals surface area contributed by atoms with E-state index in [1.54, 1.807) is 44.7 Å². The summed E-state index contributed by atoms with van der Waals surface area (Å²) in [6, 6.07) is 13.8. The van der Waals surface area contributed by atoms with Crippen molar-refractivity contribution in [1.82, 2.24) is 15.5 Å². The van der Waals surface area contributed by atoms with Crippen LogP contribution in [0.4, 0.5) is 4.79 Å². The number of benzene rings is 2. The van der Waals surface area contributed by atoms with Gasteiger partial charge in [0.05, 0.1) is 0 Å². The average Bonchev–Trinajstić information content (AvgIpc) is 2.79. The van der Waals surface area contributed by atoms with E-state index >= 15 is 0 Å². The number of carbonyl (C=O) groups excluding carboxylic acids is 3. The van der Waals surface area contributed by atoms with Crippen molar-refractivity contribution in [3.05, 3.63) is 65.7 Å². The quantitative estimate of drug-likeness (QED) is 0.456. The fraction of sp³-hybridized carbons (Fsp3) is 0.423. The molecule has 190 valence electrons. The van der Waals surface area contributed by atoms with Gasteiger partial charge in [0.25, 0.3) is 0 Å². The molecule has 8 nitrogen and oxygen atoms in total. The minimum atomic E-state index is -1.02. The molecule has 0 saturated carbocycles. The lowest BCUT2D eigenvalue weighted by Crippen LogP contribution is -2.51.